The largest absolute Gasteiger partial charge is 0.484 e. The second-order valence-corrected chi connectivity index (χ2v) is 9.13. The summed E-state index contributed by atoms with van der Waals surface area (Å²) in [7, 11) is 0. The van der Waals surface area contributed by atoms with Crippen LogP contribution in [0.3, 0.4) is 0 Å². The van der Waals surface area contributed by atoms with Crippen LogP contribution in [0, 0.1) is 9.39 Å². The van der Waals surface area contributed by atoms with E-state index in [0.29, 0.717) is 18.7 Å². The standard InChI is InChI=1S/C27H28FIN2O3/c1-2-16-30-27(33)25(17-20-6-4-3-5-7-20)31(18-21-8-10-22(28)11-9-21)26(32)19-34-24-14-12-23(29)13-15-24/h3-15,25H,2,16-19H2,1H3,(H,30,33)/t25-/m0/s1. The lowest BCUT2D eigenvalue weighted by atomic mass is 10.0. The lowest BCUT2D eigenvalue weighted by Crippen LogP contribution is -2.51. The van der Waals surface area contributed by atoms with Crippen molar-refractivity contribution in [3.63, 3.8) is 0 Å². The molecule has 3 aromatic rings. The molecule has 0 saturated carbocycles. The van der Waals surface area contributed by atoms with Crippen LogP contribution in [-0.4, -0.2) is 35.9 Å². The average molecular weight is 574 g/mol. The topological polar surface area (TPSA) is 58.6 Å². The number of ether oxygens (including phenoxy) is 1. The molecule has 5 nitrogen and oxygen atoms in total. The maximum atomic E-state index is 13.5. The van der Waals surface area contributed by atoms with Crippen LogP contribution < -0.4 is 10.1 Å². The van der Waals surface area contributed by atoms with Crippen molar-refractivity contribution < 1.29 is 18.7 Å². The molecule has 34 heavy (non-hydrogen) atoms. The molecule has 0 radical (unpaired) electrons. The number of nitrogens with one attached hydrogen (secondary N) is 1. The fraction of sp³-hybridized carbons (Fsp3) is 0.259. The smallest absolute Gasteiger partial charge is 0.261 e. The number of hydrogen-bond acceptors (Lipinski definition) is 3. The fourth-order valence-corrected chi connectivity index (χ4v) is 3.82. The summed E-state index contributed by atoms with van der Waals surface area (Å²) >= 11 is 2.20. The van der Waals surface area contributed by atoms with E-state index in [4.69, 9.17) is 4.74 Å². The van der Waals surface area contributed by atoms with Crippen molar-refractivity contribution in [1.29, 1.82) is 0 Å². The zero-order valence-corrected chi connectivity index (χ0v) is 21.2. The molecule has 0 aliphatic carbocycles. The number of benzene rings is 3. The first kappa shape index (κ1) is 25.7. The third-order valence-electron chi connectivity index (χ3n) is 5.26. The summed E-state index contributed by atoms with van der Waals surface area (Å²) in [6, 6.07) is 22.2. The van der Waals surface area contributed by atoms with Crippen LogP contribution in [0.25, 0.3) is 0 Å². The van der Waals surface area contributed by atoms with E-state index in [1.807, 2.05) is 49.4 Å². The molecule has 0 bridgehead atoms. The molecule has 0 fully saturated rings. The molecular weight excluding hydrogens is 546 g/mol. The van der Waals surface area contributed by atoms with Gasteiger partial charge >= 0.3 is 0 Å². The highest BCUT2D eigenvalue weighted by atomic mass is 127. The molecule has 1 N–H and O–H groups in total. The molecule has 0 spiro atoms. The highest BCUT2D eigenvalue weighted by molar-refractivity contribution is 14.1. The molecule has 3 rings (SSSR count). The van der Waals surface area contributed by atoms with Gasteiger partial charge in [-0.3, -0.25) is 9.59 Å². The molecule has 7 heteroatoms. The maximum absolute atomic E-state index is 13.5. The average Bonchev–Trinajstić information content (AvgIpc) is 2.86. The number of rotatable bonds is 11. The molecule has 0 unspecified atom stereocenters. The summed E-state index contributed by atoms with van der Waals surface area (Å²) in [6.45, 7) is 2.44. The summed E-state index contributed by atoms with van der Waals surface area (Å²) < 4.78 is 20.3. The summed E-state index contributed by atoms with van der Waals surface area (Å²) in [5.74, 6) is -0.332. The first-order valence-corrected chi connectivity index (χ1v) is 12.3. The van der Waals surface area contributed by atoms with Gasteiger partial charge in [-0.25, -0.2) is 4.39 Å². The summed E-state index contributed by atoms with van der Waals surface area (Å²) in [5.41, 5.74) is 1.67. The van der Waals surface area contributed by atoms with E-state index in [2.05, 4.69) is 27.9 Å². The number of hydrogen-bond donors (Lipinski definition) is 1. The molecule has 0 aliphatic heterocycles. The van der Waals surface area contributed by atoms with Gasteiger partial charge in [-0.15, -0.1) is 0 Å². The van der Waals surface area contributed by atoms with Crippen molar-refractivity contribution in [2.45, 2.75) is 32.4 Å². The lowest BCUT2D eigenvalue weighted by molar-refractivity contribution is -0.142. The molecular formula is C27H28FIN2O3. The Morgan fingerprint density at radius 3 is 2.29 bits per heavy atom. The molecule has 0 saturated heterocycles. The van der Waals surface area contributed by atoms with Gasteiger partial charge in [-0.05, 0) is 76.5 Å². The van der Waals surface area contributed by atoms with Crippen LogP contribution in [0.1, 0.15) is 24.5 Å². The van der Waals surface area contributed by atoms with Gasteiger partial charge in [0.1, 0.15) is 17.6 Å². The predicted molar refractivity (Wildman–Crippen MR) is 139 cm³/mol. The van der Waals surface area contributed by atoms with Crippen LogP contribution in [0.2, 0.25) is 0 Å². The number of nitrogens with zero attached hydrogens (tertiary/aromatic N) is 1. The highest BCUT2D eigenvalue weighted by Gasteiger charge is 2.30. The van der Waals surface area contributed by atoms with E-state index < -0.39 is 6.04 Å². The summed E-state index contributed by atoms with van der Waals surface area (Å²) in [4.78, 5) is 28.1. The summed E-state index contributed by atoms with van der Waals surface area (Å²) in [6.07, 6.45) is 1.14. The Hall–Kier alpha value is -2.94. The van der Waals surface area contributed by atoms with Crippen molar-refractivity contribution in [2.24, 2.45) is 0 Å². The van der Waals surface area contributed by atoms with Gasteiger partial charge in [-0.2, -0.15) is 0 Å². The zero-order chi connectivity index (χ0) is 24.3. The van der Waals surface area contributed by atoms with Crippen molar-refractivity contribution in [2.75, 3.05) is 13.2 Å². The minimum Gasteiger partial charge on any atom is -0.484 e. The van der Waals surface area contributed by atoms with Gasteiger partial charge < -0.3 is 15.0 Å². The lowest BCUT2D eigenvalue weighted by Gasteiger charge is -2.31. The Kier molecular flexibility index (Phi) is 9.88. The summed E-state index contributed by atoms with van der Waals surface area (Å²) in [5, 5.41) is 2.93. The van der Waals surface area contributed by atoms with E-state index in [0.717, 1.165) is 21.1 Å². The van der Waals surface area contributed by atoms with Crippen LogP contribution in [0.5, 0.6) is 5.75 Å². The van der Waals surface area contributed by atoms with E-state index in [-0.39, 0.29) is 30.8 Å². The Balaban J connectivity index is 1.87. The Morgan fingerprint density at radius 1 is 0.971 bits per heavy atom. The van der Waals surface area contributed by atoms with Gasteiger partial charge in [-0.1, -0.05) is 49.4 Å². The van der Waals surface area contributed by atoms with Crippen LogP contribution in [0.4, 0.5) is 4.39 Å². The van der Waals surface area contributed by atoms with Gasteiger partial charge in [0.25, 0.3) is 5.91 Å². The van der Waals surface area contributed by atoms with E-state index >= 15 is 0 Å². The Bertz CT molecular complexity index is 1060. The van der Waals surface area contributed by atoms with Crippen LogP contribution >= 0.6 is 22.6 Å². The number of carbonyl (C=O) groups is 2. The quantitative estimate of drug-likeness (QED) is 0.329. The Morgan fingerprint density at radius 2 is 1.65 bits per heavy atom. The van der Waals surface area contributed by atoms with Crippen LogP contribution in [-0.2, 0) is 22.6 Å². The van der Waals surface area contributed by atoms with Gasteiger partial charge in [0.2, 0.25) is 5.91 Å². The van der Waals surface area contributed by atoms with Gasteiger partial charge in [0.15, 0.2) is 6.61 Å². The van der Waals surface area contributed by atoms with Gasteiger partial charge in [0.05, 0.1) is 0 Å². The zero-order valence-electron chi connectivity index (χ0n) is 19.0. The third kappa shape index (κ3) is 7.83. The second-order valence-electron chi connectivity index (χ2n) is 7.89. The molecule has 1 atom stereocenters. The van der Waals surface area contributed by atoms with E-state index in [1.54, 1.807) is 24.3 Å². The van der Waals surface area contributed by atoms with E-state index in [9.17, 15) is 14.0 Å². The second kappa shape index (κ2) is 13.1. The first-order valence-electron chi connectivity index (χ1n) is 11.2. The highest BCUT2D eigenvalue weighted by Crippen LogP contribution is 2.17. The van der Waals surface area contributed by atoms with Crippen molar-refractivity contribution >= 4 is 34.4 Å². The first-order chi connectivity index (χ1) is 16.5. The van der Waals surface area contributed by atoms with E-state index in [1.165, 1.54) is 17.0 Å². The number of halogens is 2. The minimum absolute atomic E-state index is 0.159. The van der Waals surface area contributed by atoms with Crippen molar-refractivity contribution in [3.8, 4) is 5.75 Å². The molecule has 178 valence electrons. The molecule has 0 aliphatic rings. The normalized spacial score (nSPS) is 11.5. The van der Waals surface area contributed by atoms with Crippen molar-refractivity contribution in [3.05, 3.63) is 99.4 Å². The predicted octanol–water partition coefficient (Wildman–Crippen LogP) is 4.98. The Labute approximate surface area is 213 Å². The monoisotopic (exact) mass is 574 g/mol. The molecule has 2 amide bonds. The molecule has 0 heterocycles. The maximum Gasteiger partial charge on any atom is 0.261 e. The molecule has 3 aromatic carbocycles. The minimum atomic E-state index is -0.744. The SMILES string of the molecule is CCCNC(=O)[C@H](Cc1ccccc1)N(Cc1ccc(F)cc1)C(=O)COc1ccc(I)cc1. The van der Waals surface area contributed by atoms with Crippen molar-refractivity contribution in [1.82, 2.24) is 10.2 Å². The number of amides is 2. The fourth-order valence-electron chi connectivity index (χ4n) is 3.47. The van der Waals surface area contributed by atoms with Gasteiger partial charge in [0, 0.05) is 23.1 Å². The van der Waals surface area contributed by atoms with Crippen LogP contribution in [0.15, 0.2) is 78.9 Å². The molecule has 0 aromatic heterocycles. The number of carbonyl (C=O) groups excluding carboxylic acids is 2. The third-order valence-corrected chi connectivity index (χ3v) is 5.98.